The number of nitrogens with zero attached hydrogens (tertiary/aromatic N) is 2. The molecule has 10 rings (SSSR count). The fourth-order valence-corrected chi connectivity index (χ4v) is 9.07. The predicted molar refractivity (Wildman–Crippen MR) is 226 cm³/mol. The van der Waals surface area contributed by atoms with Crippen molar-refractivity contribution in [2.45, 2.75) is 44.9 Å². The minimum Gasteiger partial charge on any atom is -0.313 e. The summed E-state index contributed by atoms with van der Waals surface area (Å²) in [7, 11) is 0. The largest absolute Gasteiger partial charge is 0.313 e. The minimum atomic E-state index is 0.00409. The Balaban J connectivity index is 1.06. The van der Waals surface area contributed by atoms with Crippen molar-refractivity contribution in [3.8, 4) is 22.3 Å². The van der Waals surface area contributed by atoms with Crippen LogP contribution in [0.1, 0.15) is 50.7 Å². The Bertz CT molecular complexity index is 2660. The van der Waals surface area contributed by atoms with Crippen LogP contribution >= 0.6 is 0 Å². The van der Waals surface area contributed by atoms with E-state index in [-0.39, 0.29) is 5.41 Å². The number of hydrogen-bond donors (Lipinski definition) is 0. The average molecular weight is 683 g/mol. The molecule has 3 aliphatic rings. The first kappa shape index (κ1) is 31.6. The first-order valence-corrected chi connectivity index (χ1v) is 19.0. The molecule has 0 fully saturated rings. The molecule has 0 saturated heterocycles. The molecule has 1 heterocycles. The van der Waals surface area contributed by atoms with E-state index in [1.165, 1.54) is 72.1 Å². The lowest BCUT2D eigenvalue weighted by Gasteiger charge is -2.29. The summed E-state index contributed by atoms with van der Waals surface area (Å²) >= 11 is 0. The molecule has 6 aromatic carbocycles. The van der Waals surface area contributed by atoms with Gasteiger partial charge in [0.15, 0.2) is 0 Å². The van der Waals surface area contributed by atoms with Crippen LogP contribution in [0.3, 0.4) is 0 Å². The molecule has 0 amide bonds. The lowest BCUT2D eigenvalue weighted by Crippen LogP contribution is -2.18. The Labute approximate surface area is 312 Å². The summed E-state index contributed by atoms with van der Waals surface area (Å²) < 4.78 is 2.46. The van der Waals surface area contributed by atoms with Gasteiger partial charge in [-0.25, -0.2) is 0 Å². The Kier molecular flexibility index (Phi) is 7.47. The molecule has 2 nitrogen and oxygen atoms in total. The monoisotopic (exact) mass is 682 g/mol. The van der Waals surface area contributed by atoms with Crippen molar-refractivity contribution >= 4 is 50.1 Å². The van der Waals surface area contributed by atoms with Crippen LogP contribution in [-0.4, -0.2) is 4.57 Å². The number of anilines is 3. The van der Waals surface area contributed by atoms with Gasteiger partial charge in [0, 0.05) is 38.9 Å². The molecule has 53 heavy (non-hydrogen) atoms. The van der Waals surface area contributed by atoms with E-state index in [2.05, 4.69) is 193 Å². The molecule has 2 heteroatoms. The van der Waals surface area contributed by atoms with Gasteiger partial charge in [-0.3, -0.25) is 0 Å². The molecule has 7 aromatic rings. The third-order valence-corrected chi connectivity index (χ3v) is 11.8. The van der Waals surface area contributed by atoms with Crippen LogP contribution in [0.25, 0.3) is 55.3 Å². The first-order chi connectivity index (χ1) is 26.0. The summed E-state index contributed by atoms with van der Waals surface area (Å²) in [5.74, 6) is 0. The molecule has 0 atom stereocenters. The number of fused-ring (bicyclic) bond motifs is 5. The van der Waals surface area contributed by atoms with E-state index in [4.69, 9.17) is 0 Å². The zero-order chi connectivity index (χ0) is 35.5. The number of para-hydroxylation sites is 1. The summed E-state index contributed by atoms with van der Waals surface area (Å²) in [4.78, 5) is 2.42. The van der Waals surface area contributed by atoms with E-state index < -0.39 is 0 Å². The van der Waals surface area contributed by atoms with Crippen molar-refractivity contribution in [2.24, 2.45) is 0 Å². The maximum Gasteiger partial charge on any atom is 0.0538 e. The van der Waals surface area contributed by atoms with Crippen LogP contribution in [0.5, 0.6) is 0 Å². The topological polar surface area (TPSA) is 8.17 Å². The summed E-state index contributed by atoms with van der Waals surface area (Å²) in [6.07, 6.45) is 15.8. The number of aromatic nitrogens is 1. The van der Waals surface area contributed by atoms with Gasteiger partial charge in [-0.15, -0.1) is 0 Å². The Morgan fingerprint density at radius 3 is 1.94 bits per heavy atom. The van der Waals surface area contributed by atoms with E-state index in [1.54, 1.807) is 5.57 Å². The average Bonchev–Trinajstić information content (AvgIpc) is 3.67. The Morgan fingerprint density at radius 2 is 1.19 bits per heavy atom. The summed E-state index contributed by atoms with van der Waals surface area (Å²) in [6, 6.07) is 51.8. The highest BCUT2D eigenvalue weighted by atomic mass is 15.1. The lowest BCUT2D eigenvalue weighted by atomic mass is 9.78. The Hall–Kier alpha value is -6.12. The molecule has 3 aliphatic carbocycles. The van der Waals surface area contributed by atoms with E-state index in [0.29, 0.717) is 0 Å². The fraction of sp³-hybridized carbons (Fsp3) is 0.137. The van der Waals surface area contributed by atoms with Crippen molar-refractivity contribution in [2.75, 3.05) is 4.90 Å². The van der Waals surface area contributed by atoms with Crippen LogP contribution in [0, 0.1) is 0 Å². The van der Waals surface area contributed by atoms with Crippen LogP contribution in [-0.2, 0) is 5.41 Å². The third kappa shape index (κ3) is 5.24. The SMILES string of the molecule is CC1(C)C2=C(C=CCC2)c2ccc(N(c3ccc(-c4ccccc4)cc3)c3ccc(-c4ccc5c(c4)c4ccccc4n5C4=CC=CCC4)cc3)cc21. The maximum atomic E-state index is 2.46. The lowest BCUT2D eigenvalue weighted by molar-refractivity contribution is 0.607. The highest BCUT2D eigenvalue weighted by molar-refractivity contribution is 6.11. The molecular weight excluding hydrogens is 641 g/mol. The number of benzene rings is 6. The van der Waals surface area contributed by atoms with Crippen molar-refractivity contribution in [3.63, 3.8) is 0 Å². The van der Waals surface area contributed by atoms with Gasteiger partial charge in [0.2, 0.25) is 0 Å². The summed E-state index contributed by atoms with van der Waals surface area (Å²) in [5, 5.41) is 2.59. The van der Waals surface area contributed by atoms with Gasteiger partial charge in [-0.2, -0.15) is 0 Å². The second kappa shape index (κ2) is 12.5. The second-order valence-electron chi connectivity index (χ2n) is 15.2. The first-order valence-electron chi connectivity index (χ1n) is 19.0. The highest BCUT2D eigenvalue weighted by Crippen LogP contribution is 2.52. The highest BCUT2D eigenvalue weighted by Gasteiger charge is 2.37. The smallest absolute Gasteiger partial charge is 0.0538 e. The second-order valence-corrected chi connectivity index (χ2v) is 15.2. The van der Waals surface area contributed by atoms with E-state index in [9.17, 15) is 0 Å². The van der Waals surface area contributed by atoms with E-state index >= 15 is 0 Å². The predicted octanol–water partition coefficient (Wildman–Crippen LogP) is 14.2. The zero-order valence-electron chi connectivity index (χ0n) is 30.4. The van der Waals surface area contributed by atoms with Gasteiger partial charge in [0.1, 0.15) is 0 Å². The molecular formula is C51H42N2. The summed E-state index contributed by atoms with van der Waals surface area (Å²) in [6.45, 7) is 4.81. The van der Waals surface area contributed by atoms with E-state index in [0.717, 1.165) is 37.1 Å². The van der Waals surface area contributed by atoms with E-state index in [1.807, 2.05) is 0 Å². The van der Waals surface area contributed by atoms with Crippen molar-refractivity contribution in [3.05, 3.63) is 187 Å². The Morgan fingerprint density at radius 1 is 0.547 bits per heavy atom. The summed E-state index contributed by atoms with van der Waals surface area (Å²) in [5.41, 5.74) is 18.1. The van der Waals surface area contributed by atoms with Crippen LogP contribution in [0.4, 0.5) is 17.1 Å². The molecule has 0 bridgehead atoms. The standard InChI is InChI=1S/C51H42N2/c1-51(2)47-19-11-9-17-43(47)44-31-30-42(34-48(44)51)52(40-26-21-36(22-27-40)35-13-5-3-6-14-35)41-28-23-37(24-29-41)38-25-32-50-46(33-38)45-18-10-12-20-49(45)53(50)39-15-7-4-8-16-39/h3-7,9-10,12-15,17-18,20-34H,8,11,16,19H2,1-2H3. The molecule has 0 spiro atoms. The van der Waals surface area contributed by atoms with Crippen LogP contribution in [0.15, 0.2) is 175 Å². The van der Waals surface area contributed by atoms with Crippen LogP contribution < -0.4 is 4.90 Å². The molecule has 0 saturated carbocycles. The van der Waals surface area contributed by atoms with Gasteiger partial charge in [0.05, 0.1) is 11.0 Å². The van der Waals surface area contributed by atoms with Gasteiger partial charge in [0.25, 0.3) is 0 Å². The van der Waals surface area contributed by atoms with Crippen molar-refractivity contribution in [1.82, 2.24) is 4.57 Å². The number of rotatable bonds is 6. The van der Waals surface area contributed by atoms with Gasteiger partial charge < -0.3 is 9.47 Å². The van der Waals surface area contributed by atoms with Gasteiger partial charge in [-0.05, 0) is 125 Å². The molecule has 0 aliphatic heterocycles. The minimum absolute atomic E-state index is 0.00409. The molecule has 1 aromatic heterocycles. The zero-order valence-corrected chi connectivity index (χ0v) is 30.4. The normalized spacial score (nSPS) is 15.8. The van der Waals surface area contributed by atoms with Gasteiger partial charge in [-0.1, -0.05) is 129 Å². The molecule has 256 valence electrons. The fourth-order valence-electron chi connectivity index (χ4n) is 9.07. The quantitative estimate of drug-likeness (QED) is 0.169. The number of hydrogen-bond acceptors (Lipinski definition) is 1. The maximum absolute atomic E-state index is 2.46. The van der Waals surface area contributed by atoms with Crippen LogP contribution in [0.2, 0.25) is 0 Å². The molecule has 0 radical (unpaired) electrons. The third-order valence-electron chi connectivity index (χ3n) is 11.8. The van der Waals surface area contributed by atoms with Crippen molar-refractivity contribution in [1.29, 1.82) is 0 Å². The number of allylic oxidation sites excluding steroid dienone is 8. The molecule has 0 unspecified atom stereocenters. The van der Waals surface area contributed by atoms with Gasteiger partial charge >= 0.3 is 0 Å². The molecule has 0 N–H and O–H groups in total. The van der Waals surface area contributed by atoms with Crippen molar-refractivity contribution < 1.29 is 0 Å².